The third-order valence-corrected chi connectivity index (χ3v) is 7.89. The van der Waals surface area contributed by atoms with E-state index in [1.807, 2.05) is 0 Å². The summed E-state index contributed by atoms with van der Waals surface area (Å²) in [6.45, 7) is 0.313. The fourth-order valence-corrected chi connectivity index (χ4v) is 5.47. The van der Waals surface area contributed by atoms with Crippen LogP contribution in [0.15, 0.2) is 24.3 Å². The van der Waals surface area contributed by atoms with Gasteiger partial charge in [0.15, 0.2) is 0 Å². The summed E-state index contributed by atoms with van der Waals surface area (Å²) in [6, 6.07) is 4.56. The zero-order valence-electron chi connectivity index (χ0n) is 21.4. The second-order valence-corrected chi connectivity index (χ2v) is 10.8. The Hall–Kier alpha value is -3.03. The molecule has 0 spiro atoms. The summed E-state index contributed by atoms with van der Waals surface area (Å²) < 4.78 is 40.4. The maximum Gasteiger partial charge on any atom is 0.416 e. The SMILES string of the molecule is O=C(NCC1CCC(C(=O)O)CC1)c1c(C#CC2(O)CCCCC2)nc(Cl)n1Cc1ccc(C(F)(F)F)cc1. The first-order valence-electron chi connectivity index (χ1n) is 13.1. The maximum atomic E-state index is 13.4. The molecule has 0 bridgehead atoms. The molecule has 1 aromatic carbocycles. The molecule has 1 heterocycles. The fraction of sp³-hybridized carbons (Fsp3) is 0.536. The average Bonchev–Trinajstić information content (AvgIpc) is 3.21. The van der Waals surface area contributed by atoms with E-state index in [-0.39, 0.29) is 35.1 Å². The van der Waals surface area contributed by atoms with E-state index in [0.717, 1.165) is 31.4 Å². The van der Waals surface area contributed by atoms with Crippen molar-refractivity contribution in [2.45, 2.75) is 76.1 Å². The molecule has 0 saturated heterocycles. The van der Waals surface area contributed by atoms with Crippen LogP contribution in [-0.2, 0) is 17.5 Å². The van der Waals surface area contributed by atoms with Crippen molar-refractivity contribution in [2.75, 3.05) is 6.54 Å². The highest BCUT2D eigenvalue weighted by molar-refractivity contribution is 6.29. The zero-order valence-corrected chi connectivity index (χ0v) is 22.1. The number of carbonyl (C=O) groups is 2. The Bertz CT molecular complexity index is 1250. The third-order valence-electron chi connectivity index (χ3n) is 7.60. The van der Waals surface area contributed by atoms with Crippen LogP contribution in [0, 0.1) is 23.7 Å². The monoisotopic (exact) mass is 565 g/mol. The van der Waals surface area contributed by atoms with E-state index >= 15 is 0 Å². The van der Waals surface area contributed by atoms with Crippen LogP contribution >= 0.6 is 11.6 Å². The number of halogens is 4. The largest absolute Gasteiger partial charge is 0.481 e. The highest BCUT2D eigenvalue weighted by Gasteiger charge is 2.31. The first-order valence-corrected chi connectivity index (χ1v) is 13.5. The maximum absolute atomic E-state index is 13.4. The van der Waals surface area contributed by atoms with Gasteiger partial charge >= 0.3 is 12.1 Å². The summed E-state index contributed by atoms with van der Waals surface area (Å²) in [5.74, 6) is 4.16. The molecule has 1 amide bonds. The van der Waals surface area contributed by atoms with Crippen molar-refractivity contribution in [1.82, 2.24) is 14.9 Å². The quantitative estimate of drug-likeness (QED) is 0.414. The predicted molar refractivity (Wildman–Crippen MR) is 138 cm³/mol. The van der Waals surface area contributed by atoms with Gasteiger partial charge < -0.3 is 20.1 Å². The molecule has 2 aliphatic rings. The Morgan fingerprint density at radius 1 is 1.10 bits per heavy atom. The Morgan fingerprint density at radius 3 is 2.33 bits per heavy atom. The lowest BCUT2D eigenvalue weighted by Gasteiger charge is -2.26. The summed E-state index contributed by atoms with van der Waals surface area (Å²) in [5, 5.41) is 22.9. The molecule has 2 aromatic rings. The molecule has 2 aliphatic carbocycles. The smallest absolute Gasteiger partial charge is 0.416 e. The predicted octanol–water partition coefficient (Wildman–Crippen LogP) is 5.27. The number of aromatic nitrogens is 2. The number of amides is 1. The summed E-state index contributed by atoms with van der Waals surface area (Å²) in [5.41, 5.74) is -1.35. The summed E-state index contributed by atoms with van der Waals surface area (Å²) in [4.78, 5) is 28.9. The van der Waals surface area contributed by atoms with Gasteiger partial charge in [-0.25, -0.2) is 4.98 Å². The molecule has 11 heteroatoms. The fourth-order valence-electron chi connectivity index (χ4n) is 5.24. The van der Waals surface area contributed by atoms with Gasteiger partial charge in [0.1, 0.15) is 17.0 Å². The van der Waals surface area contributed by atoms with Gasteiger partial charge in [-0.05, 0) is 92.5 Å². The number of benzene rings is 1. The number of imidazole rings is 1. The van der Waals surface area contributed by atoms with Crippen LogP contribution in [0.25, 0.3) is 0 Å². The number of aliphatic hydroxyl groups is 1. The number of nitrogens with one attached hydrogen (secondary N) is 1. The van der Waals surface area contributed by atoms with Crippen molar-refractivity contribution >= 4 is 23.5 Å². The van der Waals surface area contributed by atoms with Gasteiger partial charge in [0.25, 0.3) is 5.91 Å². The zero-order chi connectivity index (χ0) is 28.2. The molecule has 7 nitrogen and oxygen atoms in total. The van der Waals surface area contributed by atoms with Crippen molar-refractivity contribution < 1.29 is 33.0 Å². The molecular formula is C28H31ClF3N3O4. The van der Waals surface area contributed by atoms with Crippen LogP contribution in [0.3, 0.4) is 0 Å². The van der Waals surface area contributed by atoms with Crippen molar-refractivity contribution in [3.05, 3.63) is 52.1 Å². The number of rotatable bonds is 6. The van der Waals surface area contributed by atoms with Crippen LogP contribution < -0.4 is 5.32 Å². The minimum absolute atomic E-state index is 0.0115. The second kappa shape index (κ2) is 12.0. The number of carbonyl (C=O) groups excluding carboxylic acids is 1. The van der Waals surface area contributed by atoms with Crippen LogP contribution in [0.2, 0.25) is 5.28 Å². The molecular weight excluding hydrogens is 535 g/mol. The van der Waals surface area contributed by atoms with Crippen LogP contribution in [-0.4, -0.2) is 43.8 Å². The van der Waals surface area contributed by atoms with E-state index in [1.165, 1.54) is 16.7 Å². The van der Waals surface area contributed by atoms with Gasteiger partial charge in [-0.15, -0.1) is 0 Å². The van der Waals surface area contributed by atoms with Crippen LogP contribution in [0.5, 0.6) is 0 Å². The summed E-state index contributed by atoms with van der Waals surface area (Å²) in [7, 11) is 0. The Balaban J connectivity index is 1.58. The number of hydrogen-bond donors (Lipinski definition) is 3. The van der Waals surface area contributed by atoms with E-state index in [1.54, 1.807) is 0 Å². The molecule has 2 fully saturated rings. The van der Waals surface area contributed by atoms with E-state index in [4.69, 9.17) is 11.6 Å². The van der Waals surface area contributed by atoms with Gasteiger partial charge in [0.2, 0.25) is 5.28 Å². The standard InChI is InChI=1S/C28H31ClF3N3O4/c29-26-34-22(12-15-27(39)13-2-1-3-14-27)23(24(36)33-16-18-4-8-20(9-5-18)25(37)38)35(26)17-19-6-10-21(11-7-19)28(30,31)32/h6-7,10-11,18,20,39H,1-5,8-9,13-14,16-17H2,(H,33,36)(H,37,38). The Kier molecular flexibility index (Phi) is 8.92. The molecule has 0 aliphatic heterocycles. The number of hydrogen-bond acceptors (Lipinski definition) is 4. The van der Waals surface area contributed by atoms with Gasteiger partial charge in [-0.3, -0.25) is 9.59 Å². The highest BCUT2D eigenvalue weighted by atomic mass is 35.5. The number of nitrogens with zero attached hydrogens (tertiary/aromatic N) is 2. The minimum atomic E-state index is -4.47. The molecule has 39 heavy (non-hydrogen) atoms. The van der Waals surface area contributed by atoms with Crippen molar-refractivity contribution in [2.24, 2.45) is 11.8 Å². The summed E-state index contributed by atoms with van der Waals surface area (Å²) >= 11 is 6.40. The van der Waals surface area contributed by atoms with Gasteiger partial charge in [0.05, 0.1) is 18.0 Å². The molecule has 3 N–H and O–H groups in total. The van der Waals surface area contributed by atoms with Crippen molar-refractivity contribution in [1.29, 1.82) is 0 Å². The van der Waals surface area contributed by atoms with E-state index < -0.39 is 29.2 Å². The molecule has 0 unspecified atom stereocenters. The topological polar surface area (TPSA) is 104 Å². The average molecular weight is 566 g/mol. The van der Waals surface area contributed by atoms with E-state index in [2.05, 4.69) is 22.1 Å². The van der Waals surface area contributed by atoms with E-state index in [9.17, 15) is 33.0 Å². The molecule has 4 rings (SSSR count). The van der Waals surface area contributed by atoms with E-state index in [0.29, 0.717) is 50.6 Å². The first kappa shape index (κ1) is 29.0. The number of aliphatic carboxylic acids is 1. The lowest BCUT2D eigenvalue weighted by Crippen LogP contribution is -2.34. The normalized spacial score (nSPS) is 21.1. The third kappa shape index (κ3) is 7.34. The lowest BCUT2D eigenvalue weighted by molar-refractivity contribution is -0.143. The molecule has 2 saturated carbocycles. The molecule has 210 valence electrons. The molecule has 1 aromatic heterocycles. The number of alkyl halides is 3. The van der Waals surface area contributed by atoms with Gasteiger partial charge in [-0.1, -0.05) is 24.5 Å². The lowest BCUT2D eigenvalue weighted by atomic mass is 9.82. The van der Waals surface area contributed by atoms with Gasteiger partial charge in [-0.2, -0.15) is 13.2 Å². The second-order valence-electron chi connectivity index (χ2n) is 10.5. The van der Waals surface area contributed by atoms with Crippen molar-refractivity contribution in [3.8, 4) is 11.8 Å². The minimum Gasteiger partial charge on any atom is -0.481 e. The summed E-state index contributed by atoms with van der Waals surface area (Å²) in [6.07, 6.45) is 1.68. The Morgan fingerprint density at radius 2 is 1.74 bits per heavy atom. The van der Waals surface area contributed by atoms with Crippen LogP contribution in [0.1, 0.15) is 85.1 Å². The number of carboxylic acids is 1. The highest BCUT2D eigenvalue weighted by Crippen LogP contribution is 2.31. The van der Waals surface area contributed by atoms with Gasteiger partial charge in [0, 0.05) is 6.54 Å². The van der Waals surface area contributed by atoms with Crippen molar-refractivity contribution in [3.63, 3.8) is 0 Å². The first-order chi connectivity index (χ1) is 18.4. The molecule has 0 atom stereocenters. The van der Waals surface area contributed by atoms with Crippen LogP contribution in [0.4, 0.5) is 13.2 Å². The molecule has 0 radical (unpaired) electrons. The number of carboxylic acid groups (broad SMARTS) is 1. The Labute approximate surface area is 229 Å².